The molecule has 0 fully saturated rings. The highest BCUT2D eigenvalue weighted by molar-refractivity contribution is 5.99. The van der Waals surface area contributed by atoms with Crippen molar-refractivity contribution >= 4 is 5.78 Å². The van der Waals surface area contributed by atoms with Crippen LogP contribution in [-0.2, 0) is 11.2 Å². The second kappa shape index (κ2) is 4.75. The third-order valence-corrected chi connectivity index (χ3v) is 3.27. The molecule has 0 aromatic heterocycles. The molecule has 0 amide bonds. The molecule has 1 aliphatic rings. The van der Waals surface area contributed by atoms with E-state index >= 15 is 0 Å². The second-order valence-electron chi connectivity index (χ2n) is 4.46. The van der Waals surface area contributed by atoms with Crippen molar-refractivity contribution in [1.29, 1.82) is 0 Å². The fourth-order valence-corrected chi connectivity index (χ4v) is 2.29. The van der Waals surface area contributed by atoms with E-state index in [9.17, 15) is 4.79 Å². The quantitative estimate of drug-likeness (QED) is 0.763. The average Bonchev–Trinajstić information content (AvgIpc) is 2.62. The molecule has 0 radical (unpaired) electrons. The van der Waals surface area contributed by atoms with Crippen LogP contribution in [0.2, 0.25) is 0 Å². The molecule has 3 rings (SSSR count). The third kappa shape index (κ3) is 2.07. The highest BCUT2D eigenvalue weighted by Gasteiger charge is 2.16. The Bertz CT molecular complexity index is 573. The number of Topliss-reactive ketones (excluding diaryl/α,β-unsaturated/α-hetero) is 1. The van der Waals surface area contributed by atoms with E-state index in [0.29, 0.717) is 6.61 Å². The molecule has 2 aromatic rings. The van der Waals surface area contributed by atoms with Gasteiger partial charge in [-0.1, -0.05) is 42.5 Å². The number of benzene rings is 2. The maximum atomic E-state index is 12.0. The predicted octanol–water partition coefficient (Wildman–Crippen LogP) is 3.11. The molecule has 18 heavy (non-hydrogen) atoms. The smallest absolute Gasteiger partial charge is 0.188 e. The lowest BCUT2D eigenvalue weighted by molar-refractivity contribution is 0.0788. The first-order valence-electron chi connectivity index (χ1n) is 6.14. The molecule has 1 heterocycles. The minimum atomic E-state index is 0.0836. The van der Waals surface area contributed by atoms with Crippen LogP contribution in [0.4, 0.5) is 0 Å². The van der Waals surface area contributed by atoms with E-state index in [0.717, 1.165) is 28.7 Å². The Morgan fingerprint density at radius 2 is 1.78 bits per heavy atom. The van der Waals surface area contributed by atoms with Crippen LogP contribution in [0.25, 0.3) is 11.1 Å². The molecule has 0 atom stereocenters. The Balaban J connectivity index is 2.07. The average molecular weight is 238 g/mol. The van der Waals surface area contributed by atoms with Gasteiger partial charge < -0.3 is 4.74 Å². The molecule has 0 saturated heterocycles. The summed E-state index contributed by atoms with van der Waals surface area (Å²) in [6.07, 6.45) is 0.816. The lowest BCUT2D eigenvalue weighted by atomic mass is 9.96. The van der Waals surface area contributed by atoms with Gasteiger partial charge in [0, 0.05) is 5.56 Å². The van der Waals surface area contributed by atoms with E-state index in [2.05, 4.69) is 18.2 Å². The molecule has 0 unspecified atom stereocenters. The van der Waals surface area contributed by atoms with E-state index in [-0.39, 0.29) is 12.4 Å². The summed E-state index contributed by atoms with van der Waals surface area (Å²) >= 11 is 0. The lowest BCUT2D eigenvalue weighted by Crippen LogP contribution is -2.06. The number of carbonyl (C=O) groups is 1. The van der Waals surface area contributed by atoms with Crippen molar-refractivity contribution < 1.29 is 9.53 Å². The van der Waals surface area contributed by atoms with Crippen LogP contribution in [0, 0.1) is 0 Å². The van der Waals surface area contributed by atoms with Crippen LogP contribution in [0.15, 0.2) is 48.5 Å². The Morgan fingerprint density at radius 1 is 0.944 bits per heavy atom. The summed E-state index contributed by atoms with van der Waals surface area (Å²) in [5, 5.41) is 0. The van der Waals surface area contributed by atoms with Crippen molar-refractivity contribution in [2.45, 2.75) is 6.42 Å². The van der Waals surface area contributed by atoms with Crippen LogP contribution in [0.1, 0.15) is 15.9 Å². The zero-order chi connectivity index (χ0) is 12.4. The molecular formula is C16H14O2. The fourth-order valence-electron chi connectivity index (χ4n) is 2.29. The summed E-state index contributed by atoms with van der Waals surface area (Å²) in [6.45, 7) is 0.828. The summed E-state index contributed by atoms with van der Waals surface area (Å²) in [5.41, 5.74) is 4.13. The predicted molar refractivity (Wildman–Crippen MR) is 70.7 cm³/mol. The molecule has 0 saturated carbocycles. The van der Waals surface area contributed by atoms with Crippen molar-refractivity contribution in [3.63, 3.8) is 0 Å². The van der Waals surface area contributed by atoms with Gasteiger partial charge in [0.1, 0.15) is 6.61 Å². The van der Waals surface area contributed by atoms with Crippen molar-refractivity contribution in [1.82, 2.24) is 0 Å². The third-order valence-electron chi connectivity index (χ3n) is 3.27. The minimum absolute atomic E-state index is 0.0836. The van der Waals surface area contributed by atoms with Crippen LogP contribution in [0.3, 0.4) is 0 Å². The largest absolute Gasteiger partial charge is 0.373 e. The first-order chi connectivity index (χ1) is 8.84. The van der Waals surface area contributed by atoms with Gasteiger partial charge in [-0.25, -0.2) is 0 Å². The lowest BCUT2D eigenvalue weighted by Gasteiger charge is -2.07. The van der Waals surface area contributed by atoms with Gasteiger partial charge in [0.05, 0.1) is 6.61 Å². The number of ketones is 1. The molecule has 2 nitrogen and oxygen atoms in total. The van der Waals surface area contributed by atoms with Crippen molar-refractivity contribution in [3.05, 3.63) is 59.7 Å². The molecule has 0 bridgehead atoms. The Labute approximate surface area is 106 Å². The maximum Gasteiger partial charge on any atom is 0.188 e. The minimum Gasteiger partial charge on any atom is -0.373 e. The molecule has 0 spiro atoms. The summed E-state index contributed by atoms with van der Waals surface area (Å²) in [6, 6.07) is 16.2. The van der Waals surface area contributed by atoms with Crippen molar-refractivity contribution in [2.24, 2.45) is 0 Å². The molecule has 0 aliphatic carbocycles. The zero-order valence-electron chi connectivity index (χ0n) is 10.1. The summed E-state index contributed by atoms with van der Waals surface area (Å²) in [4.78, 5) is 12.0. The van der Waals surface area contributed by atoms with E-state index in [1.54, 1.807) is 0 Å². The van der Waals surface area contributed by atoms with Gasteiger partial charge in [-0.05, 0) is 29.2 Å². The Morgan fingerprint density at radius 3 is 2.61 bits per heavy atom. The van der Waals surface area contributed by atoms with E-state index in [1.165, 1.54) is 0 Å². The number of hydrogen-bond donors (Lipinski definition) is 0. The Kier molecular flexibility index (Phi) is 2.95. The molecule has 90 valence electrons. The van der Waals surface area contributed by atoms with Gasteiger partial charge in [0.15, 0.2) is 5.78 Å². The van der Waals surface area contributed by atoms with Gasteiger partial charge in [-0.3, -0.25) is 4.79 Å². The maximum absolute atomic E-state index is 12.0. The SMILES string of the molecule is O=C1COCCc2ccc(-c3ccccc3)cc21. The standard InChI is InChI=1S/C16H14O2/c17-16-11-18-9-8-13-6-7-14(10-15(13)16)12-4-2-1-3-5-12/h1-7,10H,8-9,11H2. The van der Waals surface area contributed by atoms with Crippen molar-refractivity contribution in [2.75, 3.05) is 13.2 Å². The summed E-state index contributed by atoms with van der Waals surface area (Å²) in [5.74, 6) is 0.0836. The molecule has 1 aliphatic heterocycles. The summed E-state index contributed by atoms with van der Waals surface area (Å²) in [7, 11) is 0. The van der Waals surface area contributed by atoms with Crippen LogP contribution >= 0.6 is 0 Å². The number of rotatable bonds is 1. The van der Waals surface area contributed by atoms with E-state index in [1.807, 2.05) is 30.3 Å². The normalized spacial score (nSPS) is 15.0. The Hall–Kier alpha value is -1.93. The van der Waals surface area contributed by atoms with Crippen molar-refractivity contribution in [3.8, 4) is 11.1 Å². The fraction of sp³-hybridized carbons (Fsp3) is 0.188. The number of carbonyl (C=O) groups excluding carboxylic acids is 1. The van der Waals surface area contributed by atoms with E-state index in [4.69, 9.17) is 4.74 Å². The van der Waals surface area contributed by atoms with Crippen LogP contribution < -0.4 is 0 Å². The monoisotopic (exact) mass is 238 g/mol. The topological polar surface area (TPSA) is 26.3 Å². The number of ether oxygens (including phenoxy) is 1. The highest BCUT2D eigenvalue weighted by Crippen LogP contribution is 2.24. The molecule has 2 aromatic carbocycles. The first-order valence-corrected chi connectivity index (χ1v) is 6.14. The molecule has 0 N–H and O–H groups in total. The van der Waals surface area contributed by atoms with Gasteiger partial charge in [-0.15, -0.1) is 0 Å². The second-order valence-corrected chi connectivity index (χ2v) is 4.46. The van der Waals surface area contributed by atoms with Gasteiger partial charge in [-0.2, -0.15) is 0 Å². The highest BCUT2D eigenvalue weighted by atomic mass is 16.5. The molecular weight excluding hydrogens is 224 g/mol. The van der Waals surface area contributed by atoms with Gasteiger partial charge in [0.2, 0.25) is 0 Å². The van der Waals surface area contributed by atoms with E-state index < -0.39 is 0 Å². The summed E-state index contributed by atoms with van der Waals surface area (Å²) < 4.78 is 5.29. The van der Waals surface area contributed by atoms with Gasteiger partial charge >= 0.3 is 0 Å². The number of fused-ring (bicyclic) bond motifs is 1. The molecule has 2 heteroatoms. The zero-order valence-corrected chi connectivity index (χ0v) is 10.1. The number of hydrogen-bond acceptors (Lipinski definition) is 2. The first kappa shape index (κ1) is 11.2. The van der Waals surface area contributed by atoms with Crippen LogP contribution in [0.5, 0.6) is 0 Å². The van der Waals surface area contributed by atoms with Gasteiger partial charge in [0.25, 0.3) is 0 Å². The van der Waals surface area contributed by atoms with Crippen LogP contribution in [-0.4, -0.2) is 19.0 Å².